The number of piperidine rings is 1. The molecule has 0 radical (unpaired) electrons. The van der Waals surface area contributed by atoms with Gasteiger partial charge in [0.2, 0.25) is 70.9 Å². The molecule has 2 N–H and O–H groups in total. The molecule has 115 heavy (non-hydrogen) atoms. The average molecular weight is 1630 g/mol. The maximum atomic E-state index is 16.0. The van der Waals surface area contributed by atoms with E-state index in [2.05, 4.69) is 10.6 Å². The normalized spacial score (nSPS) is 32.4. The molecule has 8 fully saturated rings. The lowest BCUT2D eigenvalue weighted by atomic mass is 9.73. The first-order valence-electron chi connectivity index (χ1n) is 42.9. The monoisotopic (exact) mass is 1630 g/mol. The molecule has 10 rings (SSSR count). The van der Waals surface area contributed by atoms with Gasteiger partial charge in [0.25, 0.3) is 0 Å². The van der Waals surface area contributed by atoms with E-state index in [1.54, 1.807) is 18.7 Å². The predicted molar refractivity (Wildman–Crippen MR) is 413 cm³/mol. The molecular weight excluding hydrogens is 1500 g/mol. The van der Waals surface area contributed by atoms with Crippen LogP contribution in [0.5, 0.6) is 0 Å². The van der Waals surface area contributed by atoms with Gasteiger partial charge in [-0.05, 0) is 185 Å². The first-order chi connectivity index (χ1) is 54.5. The third-order valence-corrected chi connectivity index (χ3v) is 28.0. The Morgan fingerprint density at radius 2 is 1.24 bits per heavy atom. The van der Waals surface area contributed by atoms with Crippen LogP contribution in [0.2, 0.25) is 0 Å². The third-order valence-electron chi connectivity index (χ3n) is 28.0. The number of fused-ring (bicyclic) bond motifs is 4. The molecule has 26 nitrogen and oxygen atoms in total. The van der Waals surface area contributed by atoms with Gasteiger partial charge in [0.05, 0.1) is 37.0 Å². The van der Waals surface area contributed by atoms with Gasteiger partial charge in [-0.2, -0.15) is 26.3 Å². The summed E-state index contributed by atoms with van der Waals surface area (Å²) in [5.41, 5.74) is 0.335. The lowest BCUT2D eigenvalue weighted by Crippen LogP contribution is -2.68. The minimum atomic E-state index is -4.56. The van der Waals surface area contributed by atoms with E-state index in [1.807, 2.05) is 13.8 Å². The number of hydrogen-bond acceptors (Lipinski definition) is 14. The Bertz CT molecular complexity index is 3540. The van der Waals surface area contributed by atoms with Crippen molar-refractivity contribution in [3.05, 3.63) is 11.1 Å². The van der Waals surface area contributed by atoms with E-state index in [0.717, 1.165) is 41.7 Å². The van der Waals surface area contributed by atoms with Crippen LogP contribution in [0, 0.1) is 35.5 Å². The third kappa shape index (κ3) is 20.4. The SMILES string of the molecule is CCC[C@H]1C(=O)N[C@@H]([C@@H](C)CC)C(=O)N2CCC[C@H]2C(=O)N(C)[C@H]2CC3=C(CCN(C2=O)[C@@H](CC2CCC(C(F)(F)F)CC2)C(=O)N(C)CC(=O)N[C@@H](CCC2CCC(C(F)(F)F)C(OC)C2)C(=O)N2C[C@H](OCC)C[C@H]2C(=O)N(C)C2(CCC2)C(=O)N(C)[C@@H](C2CCCCC2)C(=O)N(C)[C@H](C(=O)N2CCCCC2)CC(=O)N1C)C3. The van der Waals surface area contributed by atoms with Crippen LogP contribution in [-0.2, 0) is 67.0 Å². The Morgan fingerprint density at radius 3 is 1.86 bits per heavy atom. The zero-order valence-electron chi connectivity index (χ0n) is 69.6. The topological polar surface area (TPSA) is 280 Å². The van der Waals surface area contributed by atoms with Gasteiger partial charge >= 0.3 is 12.4 Å². The molecule has 646 valence electrons. The summed E-state index contributed by atoms with van der Waals surface area (Å²) in [5, 5.41) is 5.84. The number of nitrogens with one attached hydrogen (secondary N) is 2. The highest BCUT2D eigenvalue weighted by atomic mass is 19.4. The molecule has 1 spiro atoms. The largest absolute Gasteiger partial charge is 0.394 e. The number of hydrogen-bond donors (Lipinski definition) is 2. The number of nitrogens with zero attached hydrogens (tertiary/aromatic N) is 10. The van der Waals surface area contributed by atoms with E-state index >= 15 is 57.5 Å². The van der Waals surface area contributed by atoms with E-state index in [1.165, 1.54) is 88.6 Å². The Hall–Kier alpha value is -7.12. The Balaban J connectivity index is 1.05. The van der Waals surface area contributed by atoms with E-state index in [9.17, 15) is 26.3 Å². The van der Waals surface area contributed by atoms with Crippen molar-refractivity contribution in [2.24, 2.45) is 35.5 Å². The van der Waals surface area contributed by atoms with Crippen molar-refractivity contribution < 1.29 is 93.4 Å². The standard InChI is InChI=1S/C83H128F6N12O14/c1-12-23-60-71(104)91-69(50(4)13-2)78(111)99-40-21-26-61(99)74(107)94(7)62-45-55-44-54(55)35-41-100(77(62)110)64(42-51-27-31-56(32-28-51)82(84,85)86)73(106)92(5)49-67(102)90-59(34-30-52-29-33-58(83(87,88)89)66(43-52)114-11)72(105)101-48-57(115-14-3)46-65(101)75(108)97(10)81(36-22-37-81)80(113)96(9)70(53-24-17-15-18-25-53)79(112)95(8)63(47-68(103)93(60)6)76(109)98-38-19-16-20-39-98/h50-53,56-66,69-70H,12-49H2,1-11H3,(H,90,102)(H,91,104)/t50-,51?,52?,56?,57+,58?,59-,60-,61-,62-,63-,64-,65-,66?,69-,70-/m0/s1. The van der Waals surface area contributed by atoms with E-state index < -0.39 is 204 Å². The average Bonchev–Trinajstić information content (AvgIpc) is 1.04. The second-order valence-electron chi connectivity index (χ2n) is 35.1. The smallest absolute Gasteiger partial charge is 0.381 e. The Morgan fingerprint density at radius 1 is 0.574 bits per heavy atom. The maximum absolute atomic E-state index is 16.0. The fraction of sp³-hybridized carbons (Fsp3) is 0.831. The number of likely N-dealkylation sites (tertiary alicyclic amines) is 1. The zero-order valence-corrected chi connectivity index (χ0v) is 69.6. The molecule has 14 atom stereocenters. The number of ether oxygens (including phenoxy) is 2. The lowest BCUT2D eigenvalue weighted by molar-refractivity contribution is -0.215. The molecule has 0 aromatic heterocycles. The number of carbonyl (C=O) groups is 12. The van der Waals surface area contributed by atoms with Gasteiger partial charge in [-0.1, -0.05) is 64.0 Å². The van der Waals surface area contributed by atoms with Crippen molar-refractivity contribution in [2.75, 3.05) is 95.3 Å². The van der Waals surface area contributed by atoms with Crippen LogP contribution in [0.1, 0.15) is 227 Å². The van der Waals surface area contributed by atoms with Crippen LogP contribution in [-0.4, -0.2) is 300 Å². The molecule has 0 aromatic rings. The number of halogens is 6. The van der Waals surface area contributed by atoms with Crippen LogP contribution in [0.4, 0.5) is 26.3 Å². The highest BCUT2D eigenvalue weighted by molar-refractivity contribution is 6.01. The fourth-order valence-corrected chi connectivity index (χ4v) is 20.3. The first-order valence-corrected chi connectivity index (χ1v) is 42.9. The maximum Gasteiger partial charge on any atom is 0.394 e. The molecule has 5 aliphatic heterocycles. The quantitative estimate of drug-likeness (QED) is 0.123. The molecule has 0 aromatic carbocycles. The second-order valence-corrected chi connectivity index (χ2v) is 35.1. The fourth-order valence-electron chi connectivity index (χ4n) is 20.3. The van der Waals surface area contributed by atoms with Crippen LogP contribution in [0.3, 0.4) is 0 Å². The van der Waals surface area contributed by atoms with E-state index in [0.29, 0.717) is 77.3 Å². The lowest BCUT2D eigenvalue weighted by Gasteiger charge is -2.51. The summed E-state index contributed by atoms with van der Waals surface area (Å²) in [5.74, 6) is -13.2. The van der Waals surface area contributed by atoms with Crippen molar-refractivity contribution in [1.82, 2.24) is 59.6 Å². The van der Waals surface area contributed by atoms with Crippen molar-refractivity contribution >= 4 is 70.9 Å². The molecule has 10 aliphatic rings. The van der Waals surface area contributed by atoms with Gasteiger partial charge in [0.15, 0.2) is 0 Å². The first kappa shape index (κ1) is 90.2. The van der Waals surface area contributed by atoms with Gasteiger partial charge in [-0.15, -0.1) is 0 Å². The molecule has 5 heterocycles. The number of alkyl halides is 6. The van der Waals surface area contributed by atoms with Gasteiger partial charge in [-0.3, -0.25) is 57.5 Å². The van der Waals surface area contributed by atoms with Crippen molar-refractivity contribution in [3.63, 3.8) is 0 Å². The predicted octanol–water partition coefficient (Wildman–Crippen LogP) is 8.17. The zero-order chi connectivity index (χ0) is 83.9. The minimum absolute atomic E-state index is 0.0345. The summed E-state index contributed by atoms with van der Waals surface area (Å²) in [4.78, 5) is 200. The molecular formula is C83H128F6N12O14. The number of carbonyl (C=O) groups excluding carboxylic acids is 12. The van der Waals surface area contributed by atoms with Crippen molar-refractivity contribution in [3.8, 4) is 0 Å². The van der Waals surface area contributed by atoms with Crippen LogP contribution < -0.4 is 10.6 Å². The molecule has 32 heteroatoms. The summed E-state index contributed by atoms with van der Waals surface area (Å²) < 4.78 is 97.7. The van der Waals surface area contributed by atoms with E-state index in [-0.39, 0.29) is 129 Å². The summed E-state index contributed by atoms with van der Waals surface area (Å²) in [7, 11) is 9.88. The summed E-state index contributed by atoms with van der Waals surface area (Å²) >= 11 is 0. The van der Waals surface area contributed by atoms with Gasteiger partial charge in [0.1, 0.15) is 59.9 Å². The van der Waals surface area contributed by atoms with E-state index in [4.69, 9.17) is 9.47 Å². The molecule has 2 bridgehead atoms. The number of amides is 12. The molecule has 3 unspecified atom stereocenters. The minimum Gasteiger partial charge on any atom is -0.381 e. The number of likely N-dealkylation sites (N-methyl/N-ethyl adjacent to an activating group) is 6. The highest BCUT2D eigenvalue weighted by Gasteiger charge is 2.58. The second kappa shape index (κ2) is 38.7. The van der Waals surface area contributed by atoms with Gasteiger partial charge in [0, 0.05) is 95.1 Å². The Kier molecular flexibility index (Phi) is 30.4. The van der Waals surface area contributed by atoms with Crippen molar-refractivity contribution in [1.29, 1.82) is 0 Å². The van der Waals surface area contributed by atoms with Gasteiger partial charge in [-0.25, -0.2) is 0 Å². The number of rotatable bonds is 14. The van der Waals surface area contributed by atoms with Gasteiger partial charge < -0.3 is 69.1 Å². The molecule has 4 saturated heterocycles. The van der Waals surface area contributed by atoms with Crippen LogP contribution in [0.15, 0.2) is 11.1 Å². The summed E-state index contributed by atoms with van der Waals surface area (Å²) in [6.07, 6.45) is -3.73. The number of methoxy groups -OCH3 is 1. The van der Waals surface area contributed by atoms with Crippen molar-refractivity contribution in [2.45, 2.75) is 311 Å². The molecule has 12 amide bonds. The summed E-state index contributed by atoms with van der Waals surface area (Å²) in [6, 6.07) is -11.7. The molecule has 4 saturated carbocycles. The molecule has 5 aliphatic carbocycles. The highest BCUT2D eigenvalue weighted by Crippen LogP contribution is 2.47. The summed E-state index contributed by atoms with van der Waals surface area (Å²) in [6.45, 7) is 7.19. The van der Waals surface area contributed by atoms with Crippen LogP contribution >= 0.6 is 0 Å². The Labute approximate surface area is 674 Å². The van der Waals surface area contributed by atoms with Crippen LogP contribution in [0.25, 0.3) is 0 Å².